The first kappa shape index (κ1) is 31.1. The standard InChI is InChI=1S/C31H36N4O10/c1-18-12-25(34(32-18)20-8-4-2-5-9-20)44-27-14-23(29(39)24(15-36)43-27)41-16-19-13-26(35(33-19)21-10-6-3-7-11-21)45-31-30(40)28(38)22(37)17-42-31/h2-13,22-24,27-31,36-40H,14-17H2,1H3/t22-,23-,24-,27?,28+,29+,30-,31?/m1/s1. The molecule has 2 fully saturated rings. The number of rotatable bonds is 10. The van der Waals surface area contributed by atoms with Crippen molar-refractivity contribution in [2.24, 2.45) is 0 Å². The maximum Gasteiger partial charge on any atom is 0.230 e. The van der Waals surface area contributed by atoms with E-state index >= 15 is 0 Å². The first-order valence-corrected chi connectivity index (χ1v) is 14.6. The van der Waals surface area contributed by atoms with E-state index in [1.54, 1.807) is 28.9 Å². The van der Waals surface area contributed by atoms with Crippen LogP contribution in [0.3, 0.4) is 0 Å². The van der Waals surface area contributed by atoms with Gasteiger partial charge in [-0.05, 0) is 31.2 Å². The number of aryl methyl sites for hydroxylation is 1. The molecule has 2 aromatic carbocycles. The molecule has 0 saturated carbocycles. The second kappa shape index (κ2) is 13.6. The van der Waals surface area contributed by atoms with Gasteiger partial charge in [-0.1, -0.05) is 36.4 Å². The molecule has 6 rings (SSSR count). The quantitative estimate of drug-likeness (QED) is 0.166. The molecule has 45 heavy (non-hydrogen) atoms. The predicted octanol–water partition coefficient (Wildman–Crippen LogP) is 0.617. The molecule has 4 heterocycles. The third kappa shape index (κ3) is 6.88. The van der Waals surface area contributed by atoms with Crippen LogP contribution in [0, 0.1) is 6.92 Å². The third-order valence-corrected chi connectivity index (χ3v) is 7.61. The summed E-state index contributed by atoms with van der Waals surface area (Å²) in [5.74, 6) is 0.627. The van der Waals surface area contributed by atoms with E-state index in [2.05, 4.69) is 10.2 Å². The largest absolute Gasteiger partial charge is 0.448 e. The van der Waals surface area contributed by atoms with Crippen molar-refractivity contribution in [2.75, 3.05) is 13.2 Å². The zero-order chi connectivity index (χ0) is 31.5. The summed E-state index contributed by atoms with van der Waals surface area (Å²) in [6, 6.07) is 21.9. The molecular formula is C31H36N4O10. The van der Waals surface area contributed by atoms with Crippen LogP contribution in [0.1, 0.15) is 17.8 Å². The van der Waals surface area contributed by atoms with Crippen LogP contribution >= 0.6 is 0 Å². The number of hydrogen-bond acceptors (Lipinski definition) is 12. The zero-order valence-corrected chi connectivity index (χ0v) is 24.4. The Hall–Kier alpha value is -3.86. The molecule has 0 amide bonds. The van der Waals surface area contributed by atoms with Gasteiger partial charge in [-0.3, -0.25) is 0 Å². The van der Waals surface area contributed by atoms with E-state index in [-0.39, 0.29) is 25.5 Å². The molecule has 2 aromatic heterocycles. The Kier molecular flexibility index (Phi) is 9.44. The van der Waals surface area contributed by atoms with Crippen LogP contribution in [0.5, 0.6) is 11.8 Å². The van der Waals surface area contributed by atoms with Crippen molar-refractivity contribution < 1.29 is 49.2 Å². The van der Waals surface area contributed by atoms with Crippen molar-refractivity contribution in [3.8, 4) is 23.1 Å². The fourth-order valence-corrected chi connectivity index (χ4v) is 5.25. The van der Waals surface area contributed by atoms with Crippen LogP contribution in [-0.2, 0) is 20.8 Å². The van der Waals surface area contributed by atoms with Gasteiger partial charge in [0.2, 0.25) is 24.3 Å². The highest BCUT2D eigenvalue weighted by atomic mass is 16.7. The molecule has 0 bridgehead atoms. The molecule has 240 valence electrons. The summed E-state index contributed by atoms with van der Waals surface area (Å²) in [6.07, 6.45) is -9.07. The van der Waals surface area contributed by atoms with E-state index < -0.39 is 55.8 Å². The van der Waals surface area contributed by atoms with Gasteiger partial charge in [0.25, 0.3) is 0 Å². The molecule has 0 aliphatic carbocycles. The highest BCUT2D eigenvalue weighted by molar-refractivity contribution is 5.37. The lowest BCUT2D eigenvalue weighted by atomic mass is 10.0. The Morgan fingerprint density at radius 3 is 2.13 bits per heavy atom. The Bertz CT molecular complexity index is 1530. The van der Waals surface area contributed by atoms with Crippen LogP contribution in [0.2, 0.25) is 0 Å². The number of benzene rings is 2. The Morgan fingerprint density at radius 1 is 0.822 bits per heavy atom. The summed E-state index contributed by atoms with van der Waals surface area (Å²) in [4.78, 5) is 0. The van der Waals surface area contributed by atoms with Gasteiger partial charge in [-0.25, -0.2) is 9.36 Å². The first-order valence-electron chi connectivity index (χ1n) is 14.6. The van der Waals surface area contributed by atoms with Gasteiger partial charge in [0.1, 0.15) is 30.5 Å². The monoisotopic (exact) mass is 624 g/mol. The summed E-state index contributed by atoms with van der Waals surface area (Å²) >= 11 is 0. The smallest absolute Gasteiger partial charge is 0.230 e. The van der Waals surface area contributed by atoms with Crippen molar-refractivity contribution in [2.45, 2.75) is 69.2 Å². The van der Waals surface area contributed by atoms with E-state index in [1.165, 1.54) is 4.68 Å². The maximum atomic E-state index is 10.9. The molecule has 14 nitrogen and oxygen atoms in total. The summed E-state index contributed by atoms with van der Waals surface area (Å²) in [6.45, 7) is 1.11. The average Bonchev–Trinajstić information content (AvgIpc) is 3.64. The molecular weight excluding hydrogens is 588 g/mol. The third-order valence-electron chi connectivity index (χ3n) is 7.61. The molecule has 2 unspecified atom stereocenters. The maximum absolute atomic E-state index is 10.9. The van der Waals surface area contributed by atoms with E-state index in [9.17, 15) is 25.5 Å². The van der Waals surface area contributed by atoms with E-state index in [0.717, 1.165) is 11.4 Å². The van der Waals surface area contributed by atoms with Crippen LogP contribution in [0.4, 0.5) is 0 Å². The van der Waals surface area contributed by atoms with Crippen molar-refractivity contribution in [1.82, 2.24) is 19.6 Å². The second-order valence-corrected chi connectivity index (χ2v) is 10.9. The zero-order valence-electron chi connectivity index (χ0n) is 24.4. The highest BCUT2D eigenvalue weighted by Gasteiger charge is 2.41. The second-order valence-electron chi connectivity index (χ2n) is 10.9. The van der Waals surface area contributed by atoms with Crippen molar-refractivity contribution in [3.63, 3.8) is 0 Å². The normalized spacial score (nSPS) is 28.6. The summed E-state index contributed by atoms with van der Waals surface area (Å²) in [5, 5.41) is 60.3. The van der Waals surface area contributed by atoms with Gasteiger partial charge in [0.15, 0.2) is 0 Å². The SMILES string of the molecule is Cc1cc(OC2C[C@@H](OCc3cc(OC4OC[C@@H](O)[C@H](O)[C@H]4O)n(-c4ccccc4)n3)[C@H](O)[C@@H](CO)O2)n(-c2ccccc2)n1. The highest BCUT2D eigenvalue weighted by Crippen LogP contribution is 2.29. The number of aromatic nitrogens is 4. The van der Waals surface area contributed by atoms with E-state index in [4.69, 9.17) is 23.7 Å². The molecule has 2 aliphatic rings. The Morgan fingerprint density at radius 2 is 1.47 bits per heavy atom. The lowest BCUT2D eigenvalue weighted by Crippen LogP contribution is -2.54. The minimum Gasteiger partial charge on any atom is -0.448 e. The number of aliphatic hydroxyl groups excluding tert-OH is 5. The minimum absolute atomic E-state index is 0.0563. The lowest BCUT2D eigenvalue weighted by molar-refractivity contribution is -0.243. The van der Waals surface area contributed by atoms with Crippen LogP contribution in [0.15, 0.2) is 72.8 Å². The number of nitrogens with zero attached hydrogens (tertiary/aromatic N) is 4. The fraction of sp³-hybridized carbons (Fsp3) is 0.419. The van der Waals surface area contributed by atoms with Crippen molar-refractivity contribution >= 4 is 0 Å². The molecule has 0 spiro atoms. The number of para-hydroxylation sites is 2. The van der Waals surface area contributed by atoms with Crippen LogP contribution in [-0.4, -0.2) is 108 Å². The Labute approximate surface area is 258 Å². The fourth-order valence-electron chi connectivity index (χ4n) is 5.25. The van der Waals surface area contributed by atoms with Gasteiger partial charge in [0.05, 0.1) is 48.7 Å². The predicted molar refractivity (Wildman–Crippen MR) is 156 cm³/mol. The summed E-state index contributed by atoms with van der Waals surface area (Å²) in [5.41, 5.74) is 2.61. The molecule has 0 radical (unpaired) electrons. The molecule has 2 saturated heterocycles. The van der Waals surface area contributed by atoms with Gasteiger partial charge in [-0.15, -0.1) is 0 Å². The average molecular weight is 625 g/mol. The summed E-state index contributed by atoms with van der Waals surface area (Å²) < 4.78 is 32.6. The van der Waals surface area contributed by atoms with E-state index in [1.807, 2.05) is 55.5 Å². The number of hydrogen-bond donors (Lipinski definition) is 5. The molecule has 14 heteroatoms. The topological polar surface area (TPSA) is 183 Å². The van der Waals surface area contributed by atoms with Gasteiger partial charge in [0, 0.05) is 18.6 Å². The first-order chi connectivity index (χ1) is 21.8. The minimum atomic E-state index is -1.50. The molecule has 8 atom stereocenters. The number of ether oxygens (including phenoxy) is 5. The van der Waals surface area contributed by atoms with Crippen molar-refractivity contribution in [1.29, 1.82) is 0 Å². The number of aliphatic hydroxyl groups is 5. The van der Waals surface area contributed by atoms with Crippen molar-refractivity contribution in [3.05, 3.63) is 84.2 Å². The van der Waals surface area contributed by atoms with Gasteiger partial charge in [-0.2, -0.15) is 10.2 Å². The van der Waals surface area contributed by atoms with Gasteiger partial charge < -0.3 is 49.2 Å². The molecule has 4 aromatic rings. The Balaban J connectivity index is 1.18. The van der Waals surface area contributed by atoms with Gasteiger partial charge >= 0.3 is 0 Å². The summed E-state index contributed by atoms with van der Waals surface area (Å²) in [7, 11) is 0. The molecule has 5 N–H and O–H groups in total. The van der Waals surface area contributed by atoms with E-state index in [0.29, 0.717) is 17.3 Å². The van der Waals surface area contributed by atoms with Crippen LogP contribution < -0.4 is 9.47 Å². The van der Waals surface area contributed by atoms with Crippen LogP contribution in [0.25, 0.3) is 11.4 Å². The molecule has 2 aliphatic heterocycles. The lowest BCUT2D eigenvalue weighted by Gasteiger charge is -2.38.